The summed E-state index contributed by atoms with van der Waals surface area (Å²) in [5.41, 5.74) is 3.88. The van der Waals surface area contributed by atoms with Crippen molar-refractivity contribution in [3.05, 3.63) is 56.5 Å². The maximum absolute atomic E-state index is 13.2. The van der Waals surface area contributed by atoms with Crippen LogP contribution in [0.15, 0.2) is 38.9 Å². The third-order valence-corrected chi connectivity index (χ3v) is 5.54. The van der Waals surface area contributed by atoms with E-state index in [0.717, 1.165) is 20.9 Å². The zero-order valence-corrected chi connectivity index (χ0v) is 16.8. The quantitative estimate of drug-likeness (QED) is 0.376. The molecule has 0 aliphatic carbocycles. The van der Waals surface area contributed by atoms with E-state index in [1.165, 1.54) is 39.2 Å². The normalized spacial score (nSPS) is 12.9. The summed E-state index contributed by atoms with van der Waals surface area (Å²) in [6.45, 7) is 1.42. The minimum absolute atomic E-state index is 0.0611. The van der Waals surface area contributed by atoms with Crippen molar-refractivity contribution in [2.24, 2.45) is 14.1 Å². The lowest BCUT2D eigenvalue weighted by atomic mass is 10.1. The number of carbonyl (C=O) groups excluding carboxylic acids is 1. The molecule has 0 aliphatic heterocycles. The molecule has 0 spiro atoms. The SMILES string of the molecule is CC(Sc1nc(C(F)(F)F)nc2ccccc12)C(=O)c1c(N)n(C)c(=O)n(C)c1=O. The van der Waals surface area contributed by atoms with Crippen LogP contribution in [0.4, 0.5) is 19.0 Å². The van der Waals surface area contributed by atoms with E-state index in [1.54, 1.807) is 6.07 Å². The van der Waals surface area contributed by atoms with E-state index >= 15 is 0 Å². The van der Waals surface area contributed by atoms with Gasteiger partial charge in [0.1, 0.15) is 16.4 Å². The minimum atomic E-state index is -4.77. The first kappa shape index (κ1) is 21.6. The van der Waals surface area contributed by atoms with Crippen LogP contribution in [0.3, 0.4) is 0 Å². The number of benzene rings is 1. The summed E-state index contributed by atoms with van der Waals surface area (Å²) in [7, 11) is 2.51. The summed E-state index contributed by atoms with van der Waals surface area (Å²) in [6.07, 6.45) is -4.77. The molecule has 2 aromatic heterocycles. The summed E-state index contributed by atoms with van der Waals surface area (Å²) in [4.78, 5) is 44.4. The number of anilines is 1. The van der Waals surface area contributed by atoms with Crippen molar-refractivity contribution in [2.75, 3.05) is 5.73 Å². The maximum atomic E-state index is 13.2. The Hall–Kier alpha value is -3.15. The second-order valence-corrected chi connectivity index (χ2v) is 7.79. The highest BCUT2D eigenvalue weighted by atomic mass is 32.2. The number of nitrogen functional groups attached to an aromatic ring is 1. The van der Waals surface area contributed by atoms with Crippen molar-refractivity contribution in [3.8, 4) is 0 Å². The summed E-state index contributed by atoms with van der Waals surface area (Å²) in [5.74, 6) is -2.38. The number of thioether (sulfide) groups is 1. The number of alkyl halides is 3. The van der Waals surface area contributed by atoms with E-state index in [0.29, 0.717) is 5.39 Å². The summed E-state index contributed by atoms with van der Waals surface area (Å²) in [5, 5.41) is -0.748. The molecule has 2 N–H and O–H groups in total. The number of aromatic nitrogens is 4. The van der Waals surface area contributed by atoms with E-state index in [4.69, 9.17) is 5.73 Å². The first-order valence-electron chi connectivity index (χ1n) is 8.53. The molecule has 8 nitrogen and oxygen atoms in total. The molecule has 3 aromatic rings. The van der Waals surface area contributed by atoms with E-state index in [1.807, 2.05) is 0 Å². The van der Waals surface area contributed by atoms with Gasteiger partial charge in [0.2, 0.25) is 5.82 Å². The number of nitrogens with two attached hydrogens (primary N) is 1. The van der Waals surface area contributed by atoms with Crippen LogP contribution < -0.4 is 17.0 Å². The Kier molecular flexibility index (Phi) is 5.46. The Labute approximate surface area is 171 Å². The van der Waals surface area contributed by atoms with Crippen molar-refractivity contribution in [1.29, 1.82) is 0 Å². The third kappa shape index (κ3) is 3.70. The number of rotatable bonds is 4. The molecule has 0 saturated heterocycles. The van der Waals surface area contributed by atoms with Crippen LogP contribution in [-0.4, -0.2) is 30.1 Å². The van der Waals surface area contributed by atoms with Gasteiger partial charge in [-0.1, -0.05) is 30.0 Å². The second kappa shape index (κ2) is 7.59. The number of fused-ring (bicyclic) bond motifs is 1. The van der Waals surface area contributed by atoms with Crippen molar-refractivity contribution in [1.82, 2.24) is 19.1 Å². The highest BCUT2D eigenvalue weighted by molar-refractivity contribution is 8.00. The molecule has 12 heteroatoms. The van der Waals surface area contributed by atoms with Gasteiger partial charge >= 0.3 is 11.9 Å². The molecular weight excluding hydrogens is 423 g/mol. The lowest BCUT2D eigenvalue weighted by molar-refractivity contribution is -0.145. The van der Waals surface area contributed by atoms with Crippen LogP contribution in [0.2, 0.25) is 0 Å². The first-order valence-corrected chi connectivity index (χ1v) is 9.41. The molecule has 0 amide bonds. The zero-order valence-electron chi connectivity index (χ0n) is 16.0. The second-order valence-electron chi connectivity index (χ2n) is 6.46. The van der Waals surface area contributed by atoms with Crippen LogP contribution >= 0.6 is 11.8 Å². The third-order valence-electron chi connectivity index (χ3n) is 4.44. The number of nitrogens with zero attached hydrogens (tertiary/aromatic N) is 4. The maximum Gasteiger partial charge on any atom is 0.451 e. The predicted molar refractivity (Wildman–Crippen MR) is 106 cm³/mol. The molecule has 0 saturated carbocycles. The fourth-order valence-corrected chi connectivity index (χ4v) is 3.78. The molecule has 3 rings (SSSR count). The zero-order chi connectivity index (χ0) is 22.4. The number of ketones is 1. The smallest absolute Gasteiger partial charge is 0.384 e. The van der Waals surface area contributed by atoms with E-state index in [-0.39, 0.29) is 16.4 Å². The summed E-state index contributed by atoms with van der Waals surface area (Å²) >= 11 is 0.748. The van der Waals surface area contributed by atoms with Gasteiger partial charge in [0.15, 0.2) is 5.78 Å². The van der Waals surface area contributed by atoms with Crippen molar-refractivity contribution < 1.29 is 18.0 Å². The molecule has 0 radical (unpaired) electrons. The van der Waals surface area contributed by atoms with E-state index in [9.17, 15) is 27.6 Å². The molecule has 0 fully saturated rings. The Morgan fingerprint density at radius 3 is 2.40 bits per heavy atom. The Balaban J connectivity index is 2.08. The van der Waals surface area contributed by atoms with Gasteiger partial charge in [-0.3, -0.25) is 18.7 Å². The molecule has 158 valence electrons. The highest BCUT2D eigenvalue weighted by Gasteiger charge is 2.36. The number of para-hydroxylation sites is 1. The van der Waals surface area contributed by atoms with Crippen LogP contribution in [0.5, 0.6) is 0 Å². The fourth-order valence-electron chi connectivity index (χ4n) is 2.78. The number of hydrogen-bond acceptors (Lipinski definition) is 7. The number of halogens is 3. The Morgan fingerprint density at radius 1 is 1.13 bits per heavy atom. The number of carbonyl (C=O) groups is 1. The fraction of sp³-hybridized carbons (Fsp3) is 0.278. The molecule has 0 bridgehead atoms. The topological polar surface area (TPSA) is 113 Å². The molecule has 1 unspecified atom stereocenters. The molecule has 1 aromatic carbocycles. The summed E-state index contributed by atoms with van der Waals surface area (Å²) < 4.78 is 41.3. The van der Waals surface area contributed by atoms with Crippen molar-refractivity contribution in [2.45, 2.75) is 23.4 Å². The molecule has 0 aliphatic rings. The van der Waals surface area contributed by atoms with Gasteiger partial charge in [0.25, 0.3) is 5.56 Å². The van der Waals surface area contributed by atoms with Crippen molar-refractivity contribution in [3.63, 3.8) is 0 Å². The highest BCUT2D eigenvalue weighted by Crippen LogP contribution is 2.34. The number of Topliss-reactive ketones (excluding diaryl/α,β-unsaturated/α-hetero) is 1. The van der Waals surface area contributed by atoms with Crippen LogP contribution in [0.25, 0.3) is 10.9 Å². The van der Waals surface area contributed by atoms with Gasteiger partial charge in [-0.15, -0.1) is 0 Å². The van der Waals surface area contributed by atoms with Crippen molar-refractivity contribution >= 4 is 34.3 Å². The predicted octanol–water partition coefficient (Wildman–Crippen LogP) is 1.99. The average molecular weight is 439 g/mol. The lowest BCUT2D eigenvalue weighted by Gasteiger charge is -2.15. The van der Waals surface area contributed by atoms with Crippen LogP contribution in [-0.2, 0) is 20.3 Å². The van der Waals surface area contributed by atoms with Gasteiger partial charge < -0.3 is 5.73 Å². The standard InChI is InChI=1S/C18H16F3N5O3S/c1-8(12(27)11-13(22)25(2)17(29)26(3)15(11)28)30-14-9-6-4-5-7-10(9)23-16(24-14)18(19,20)21/h4-8H,22H2,1-3H3. The summed E-state index contributed by atoms with van der Waals surface area (Å²) in [6, 6.07) is 6.09. The first-order chi connectivity index (χ1) is 13.9. The average Bonchev–Trinajstić information content (AvgIpc) is 2.70. The molecule has 30 heavy (non-hydrogen) atoms. The molecule has 2 heterocycles. The van der Waals surface area contributed by atoms with E-state index in [2.05, 4.69) is 9.97 Å². The molecule has 1 atom stereocenters. The van der Waals surface area contributed by atoms with Crippen LogP contribution in [0.1, 0.15) is 23.1 Å². The van der Waals surface area contributed by atoms with Gasteiger partial charge in [-0.05, 0) is 13.0 Å². The van der Waals surface area contributed by atoms with Crippen LogP contribution in [0, 0.1) is 0 Å². The molecular formula is C18H16F3N5O3S. The lowest BCUT2D eigenvalue weighted by Crippen LogP contribution is -2.42. The largest absolute Gasteiger partial charge is 0.451 e. The van der Waals surface area contributed by atoms with Gasteiger partial charge in [-0.25, -0.2) is 14.8 Å². The van der Waals surface area contributed by atoms with E-state index < -0.39 is 39.8 Å². The minimum Gasteiger partial charge on any atom is -0.384 e. The Bertz CT molecular complexity index is 1280. The Morgan fingerprint density at radius 2 is 1.77 bits per heavy atom. The number of hydrogen-bond donors (Lipinski definition) is 1. The van der Waals surface area contributed by atoms with Gasteiger partial charge in [-0.2, -0.15) is 13.2 Å². The van der Waals surface area contributed by atoms with Gasteiger partial charge in [0.05, 0.1) is 10.8 Å². The monoisotopic (exact) mass is 439 g/mol. The van der Waals surface area contributed by atoms with Gasteiger partial charge in [0, 0.05) is 19.5 Å².